The lowest BCUT2D eigenvalue weighted by atomic mass is 9.80. The van der Waals surface area contributed by atoms with Crippen molar-refractivity contribution in [1.82, 2.24) is 0 Å². The first-order valence-electron chi connectivity index (χ1n) is 9.11. The zero-order chi connectivity index (χ0) is 20.2. The van der Waals surface area contributed by atoms with Gasteiger partial charge in [0.15, 0.2) is 17.2 Å². The summed E-state index contributed by atoms with van der Waals surface area (Å²) in [6, 6.07) is 0. The summed E-state index contributed by atoms with van der Waals surface area (Å²) in [4.78, 5) is 25.3. The summed E-state index contributed by atoms with van der Waals surface area (Å²) in [6.45, 7) is 11.1. The second kappa shape index (κ2) is 8.78. The Balaban J connectivity index is 3.38. The fourth-order valence-corrected chi connectivity index (χ4v) is 3.16. The van der Waals surface area contributed by atoms with Gasteiger partial charge < -0.3 is 15.3 Å². The number of carbonyl (C=O) groups excluding carboxylic acids is 2. The van der Waals surface area contributed by atoms with Gasteiger partial charge in [-0.25, -0.2) is 0 Å². The fourth-order valence-electron chi connectivity index (χ4n) is 3.16. The Bertz CT molecular complexity index is 645. The number of aliphatic hydroxyl groups is 3. The van der Waals surface area contributed by atoms with Gasteiger partial charge in [-0.2, -0.15) is 0 Å². The van der Waals surface area contributed by atoms with Crippen LogP contribution in [-0.4, -0.2) is 38.6 Å². The van der Waals surface area contributed by atoms with Crippen molar-refractivity contribution in [3.63, 3.8) is 0 Å². The zero-order valence-electron chi connectivity index (χ0n) is 16.7. The molecule has 3 N–H and O–H groups in total. The molecule has 3 atom stereocenters. The molecule has 26 heavy (non-hydrogen) atoms. The Morgan fingerprint density at radius 2 is 1.69 bits per heavy atom. The summed E-state index contributed by atoms with van der Waals surface area (Å²) in [6.07, 6.45) is 2.43. The molecule has 1 aliphatic carbocycles. The van der Waals surface area contributed by atoms with Crippen LogP contribution in [0.25, 0.3) is 0 Å². The molecule has 0 saturated heterocycles. The molecule has 2 unspecified atom stereocenters. The molecule has 146 valence electrons. The van der Waals surface area contributed by atoms with Crippen molar-refractivity contribution in [1.29, 1.82) is 0 Å². The largest absolute Gasteiger partial charge is 0.508 e. The van der Waals surface area contributed by atoms with Crippen molar-refractivity contribution < 1.29 is 24.9 Å². The van der Waals surface area contributed by atoms with E-state index in [2.05, 4.69) is 0 Å². The lowest BCUT2D eigenvalue weighted by molar-refractivity contribution is -0.134. The van der Waals surface area contributed by atoms with Crippen molar-refractivity contribution in [3.05, 3.63) is 34.6 Å². The predicted octanol–water partition coefficient (Wildman–Crippen LogP) is 3.42. The van der Waals surface area contributed by atoms with Crippen LogP contribution < -0.4 is 0 Å². The van der Waals surface area contributed by atoms with Crippen molar-refractivity contribution >= 4 is 11.6 Å². The zero-order valence-corrected chi connectivity index (χ0v) is 16.7. The van der Waals surface area contributed by atoms with E-state index >= 15 is 0 Å². The summed E-state index contributed by atoms with van der Waals surface area (Å²) in [5, 5.41) is 32.4. The van der Waals surface area contributed by atoms with E-state index < -0.39 is 34.9 Å². The summed E-state index contributed by atoms with van der Waals surface area (Å²) in [5.41, 5.74) is -0.626. The normalized spacial score (nSPS) is 24.0. The van der Waals surface area contributed by atoms with Gasteiger partial charge in [0.2, 0.25) is 0 Å². The number of rotatable bonds is 8. The molecule has 5 nitrogen and oxygen atoms in total. The van der Waals surface area contributed by atoms with Crippen LogP contribution in [0.5, 0.6) is 0 Å². The van der Waals surface area contributed by atoms with Crippen molar-refractivity contribution in [2.75, 3.05) is 0 Å². The van der Waals surface area contributed by atoms with Gasteiger partial charge in [-0.1, -0.05) is 37.1 Å². The van der Waals surface area contributed by atoms with Gasteiger partial charge in [0.1, 0.15) is 11.3 Å². The Morgan fingerprint density at radius 1 is 1.15 bits per heavy atom. The van der Waals surface area contributed by atoms with Crippen LogP contribution in [-0.2, 0) is 9.59 Å². The number of ketones is 2. The number of Topliss-reactive ketones (excluding diaryl/α,β-unsaturated/α-hetero) is 2. The van der Waals surface area contributed by atoms with Gasteiger partial charge in [0, 0.05) is 6.42 Å². The summed E-state index contributed by atoms with van der Waals surface area (Å²) >= 11 is 0. The first-order valence-corrected chi connectivity index (χ1v) is 9.11. The van der Waals surface area contributed by atoms with Crippen LogP contribution >= 0.6 is 0 Å². The van der Waals surface area contributed by atoms with E-state index in [4.69, 9.17) is 0 Å². The first kappa shape index (κ1) is 22.3. The third-order valence-corrected chi connectivity index (χ3v) is 4.60. The maximum Gasteiger partial charge on any atom is 0.176 e. The van der Waals surface area contributed by atoms with E-state index in [1.54, 1.807) is 12.2 Å². The van der Waals surface area contributed by atoms with Gasteiger partial charge in [-0.15, -0.1) is 0 Å². The molecule has 0 bridgehead atoms. The quantitative estimate of drug-likeness (QED) is 0.453. The van der Waals surface area contributed by atoms with Gasteiger partial charge in [-0.3, -0.25) is 9.59 Å². The number of hydrogen-bond donors (Lipinski definition) is 3. The first-order chi connectivity index (χ1) is 11.9. The molecule has 0 amide bonds. The maximum atomic E-state index is 12.9. The average molecular weight is 364 g/mol. The second-order valence-electron chi connectivity index (χ2n) is 8.04. The molecule has 0 fully saturated rings. The van der Waals surface area contributed by atoms with Gasteiger partial charge in [0.05, 0.1) is 12.0 Å². The van der Waals surface area contributed by atoms with Crippen LogP contribution in [0, 0.1) is 11.8 Å². The molecule has 0 heterocycles. The predicted molar refractivity (Wildman–Crippen MR) is 102 cm³/mol. The van der Waals surface area contributed by atoms with E-state index in [-0.39, 0.29) is 30.8 Å². The summed E-state index contributed by atoms with van der Waals surface area (Å²) in [5.74, 6) is -2.84. The number of allylic oxidation sites excluding steroid dienone is 4. The van der Waals surface area contributed by atoms with Crippen molar-refractivity contribution in [3.8, 4) is 0 Å². The summed E-state index contributed by atoms with van der Waals surface area (Å²) in [7, 11) is 0. The Morgan fingerprint density at radius 3 is 2.15 bits per heavy atom. The minimum atomic E-state index is -2.16. The van der Waals surface area contributed by atoms with E-state index in [1.165, 1.54) is 0 Å². The van der Waals surface area contributed by atoms with E-state index in [9.17, 15) is 24.9 Å². The highest BCUT2D eigenvalue weighted by Gasteiger charge is 2.58. The lowest BCUT2D eigenvalue weighted by Gasteiger charge is -2.33. The minimum absolute atomic E-state index is 0.0103. The summed E-state index contributed by atoms with van der Waals surface area (Å²) < 4.78 is 0. The fraction of sp³-hybridized carbons (Fsp3) is 0.619. The van der Waals surface area contributed by atoms with Gasteiger partial charge >= 0.3 is 0 Å². The lowest BCUT2D eigenvalue weighted by Crippen LogP contribution is -2.49. The van der Waals surface area contributed by atoms with Gasteiger partial charge in [0.25, 0.3) is 0 Å². The van der Waals surface area contributed by atoms with Crippen molar-refractivity contribution in [2.45, 2.75) is 72.5 Å². The maximum absolute atomic E-state index is 12.9. The van der Waals surface area contributed by atoms with Crippen molar-refractivity contribution in [2.24, 2.45) is 11.8 Å². The molecule has 1 rings (SSSR count). The molecule has 0 aromatic carbocycles. The third kappa shape index (κ3) is 4.71. The monoisotopic (exact) mass is 364 g/mol. The van der Waals surface area contributed by atoms with Crippen LogP contribution in [0.2, 0.25) is 0 Å². The SMILES string of the molecule is CC(C)=CCC1C(=O)C(C(=O)CC(C)C)=C(O)C1(O)[C@@H](O)CC=C(C)C. The van der Waals surface area contributed by atoms with Crippen LogP contribution in [0.1, 0.15) is 60.8 Å². The molecule has 5 heteroatoms. The molecule has 0 aliphatic heterocycles. The number of aliphatic hydroxyl groups excluding tert-OH is 2. The molecule has 0 spiro atoms. The highest BCUT2D eigenvalue weighted by Crippen LogP contribution is 2.43. The van der Waals surface area contributed by atoms with Crippen LogP contribution in [0.15, 0.2) is 34.6 Å². The number of carbonyl (C=O) groups is 2. The average Bonchev–Trinajstić information content (AvgIpc) is 2.69. The molecule has 0 aromatic rings. The second-order valence-corrected chi connectivity index (χ2v) is 8.04. The smallest absolute Gasteiger partial charge is 0.176 e. The van der Waals surface area contributed by atoms with E-state index in [0.717, 1.165) is 11.1 Å². The Hall–Kier alpha value is -1.72. The third-order valence-electron chi connectivity index (χ3n) is 4.60. The van der Waals surface area contributed by atoms with Gasteiger partial charge in [-0.05, 0) is 46.5 Å². The molecular weight excluding hydrogens is 332 g/mol. The standard InChI is InChI=1S/C21H32O5/c1-12(2)7-9-15-19(24)18(16(22)11-14(5)6)20(25)21(15,26)17(23)10-8-13(3)4/h7-8,14-15,17,23,25-26H,9-11H2,1-6H3/t15?,17-,21?/m0/s1. The topological polar surface area (TPSA) is 94.8 Å². The highest BCUT2D eigenvalue weighted by atomic mass is 16.4. The van der Waals surface area contributed by atoms with Crippen LogP contribution in [0.4, 0.5) is 0 Å². The van der Waals surface area contributed by atoms with Crippen LogP contribution in [0.3, 0.4) is 0 Å². The molecule has 1 aliphatic rings. The molecule has 0 radical (unpaired) electrons. The Kier molecular flexibility index (Phi) is 7.54. The molecular formula is C21H32O5. The molecule has 0 aromatic heterocycles. The highest BCUT2D eigenvalue weighted by molar-refractivity contribution is 6.23. The number of hydrogen-bond acceptors (Lipinski definition) is 5. The minimum Gasteiger partial charge on any atom is -0.508 e. The van der Waals surface area contributed by atoms with E-state index in [1.807, 2.05) is 41.5 Å². The molecule has 0 saturated carbocycles. The van der Waals surface area contributed by atoms with E-state index in [0.29, 0.717) is 0 Å². The Labute approximate surface area is 156 Å².